The molecule has 2 aromatic rings. The molecule has 0 amide bonds. The van der Waals surface area contributed by atoms with Crippen molar-refractivity contribution in [3.05, 3.63) is 57.6 Å². The molecule has 0 aliphatic heterocycles. The van der Waals surface area contributed by atoms with Gasteiger partial charge in [0.2, 0.25) is 0 Å². The van der Waals surface area contributed by atoms with Crippen LogP contribution in [0.15, 0.2) is 34.3 Å². The maximum Gasteiger partial charge on any atom is 0.127 e. The quantitative estimate of drug-likeness (QED) is 0.648. The number of nitrogens with zero attached hydrogens (tertiary/aromatic N) is 2. The monoisotopic (exact) mass is 437 g/mol. The van der Waals surface area contributed by atoms with Crippen molar-refractivity contribution in [2.75, 3.05) is 0 Å². The predicted molar refractivity (Wildman–Crippen MR) is 116 cm³/mol. The van der Waals surface area contributed by atoms with Crippen LogP contribution in [-0.2, 0) is 16.8 Å². The summed E-state index contributed by atoms with van der Waals surface area (Å²) in [5.74, 6) is 0.593. The van der Waals surface area contributed by atoms with E-state index in [9.17, 15) is 10.2 Å². The minimum atomic E-state index is 0. The van der Waals surface area contributed by atoms with Crippen molar-refractivity contribution in [2.24, 2.45) is 9.98 Å². The third kappa shape index (κ3) is 5.70. The first kappa shape index (κ1) is 23.2. The molecular weight excluding hydrogens is 407 g/mol. The first-order valence-corrected chi connectivity index (χ1v) is 10.0. The standard InChI is InChI=1S/C24H30N2O2.Co/c1-15-9-17(3)23(27)19(11-15)13-25-21-7-5-6-8-22(21)26-14-20-12-16(2)10-18(4)24(20)28;/h9-14,21-22,27-28H,5-8H2,1-4H3;/t21-,22-;/m0./s1. The topological polar surface area (TPSA) is 65.2 Å². The van der Waals surface area contributed by atoms with Crippen LogP contribution in [0.2, 0.25) is 0 Å². The van der Waals surface area contributed by atoms with Crippen molar-refractivity contribution in [1.29, 1.82) is 0 Å². The number of aromatic hydroxyl groups is 2. The van der Waals surface area contributed by atoms with Crippen molar-refractivity contribution < 1.29 is 27.0 Å². The Labute approximate surface area is 184 Å². The van der Waals surface area contributed by atoms with E-state index in [0.29, 0.717) is 11.5 Å². The van der Waals surface area contributed by atoms with Gasteiger partial charge in [-0.15, -0.1) is 0 Å². The molecular formula is C24H30CoN2O2. The maximum atomic E-state index is 10.3. The molecule has 157 valence electrons. The molecule has 1 aliphatic carbocycles. The number of aryl methyl sites for hydroxylation is 4. The van der Waals surface area contributed by atoms with Crippen molar-refractivity contribution in [3.8, 4) is 11.5 Å². The van der Waals surface area contributed by atoms with Gasteiger partial charge in [0.25, 0.3) is 0 Å². The summed E-state index contributed by atoms with van der Waals surface area (Å²) >= 11 is 0. The molecule has 1 saturated carbocycles. The third-order valence-corrected chi connectivity index (χ3v) is 5.45. The number of hydrogen-bond acceptors (Lipinski definition) is 4. The van der Waals surface area contributed by atoms with Crippen LogP contribution >= 0.6 is 0 Å². The van der Waals surface area contributed by atoms with Crippen LogP contribution < -0.4 is 0 Å². The van der Waals surface area contributed by atoms with Crippen LogP contribution in [0.5, 0.6) is 11.5 Å². The summed E-state index contributed by atoms with van der Waals surface area (Å²) in [6.07, 6.45) is 7.85. The summed E-state index contributed by atoms with van der Waals surface area (Å²) in [6, 6.07) is 8.05. The van der Waals surface area contributed by atoms with Crippen molar-refractivity contribution in [2.45, 2.75) is 65.5 Å². The van der Waals surface area contributed by atoms with E-state index >= 15 is 0 Å². The predicted octanol–water partition coefficient (Wildman–Crippen LogP) is 5.18. The zero-order valence-electron chi connectivity index (χ0n) is 17.6. The minimum absolute atomic E-state index is 0. The van der Waals surface area contributed by atoms with Crippen molar-refractivity contribution in [3.63, 3.8) is 0 Å². The fraction of sp³-hybridized carbons (Fsp3) is 0.417. The Morgan fingerprint density at radius 1 is 0.724 bits per heavy atom. The van der Waals surface area contributed by atoms with Crippen LogP contribution in [0.3, 0.4) is 0 Å². The fourth-order valence-electron chi connectivity index (χ4n) is 3.97. The molecule has 0 heterocycles. The Morgan fingerprint density at radius 3 is 1.48 bits per heavy atom. The van der Waals surface area contributed by atoms with Gasteiger partial charge in [-0.05, 0) is 74.9 Å². The van der Waals surface area contributed by atoms with Crippen molar-refractivity contribution in [1.82, 2.24) is 0 Å². The Morgan fingerprint density at radius 2 is 1.10 bits per heavy atom. The van der Waals surface area contributed by atoms with E-state index in [0.717, 1.165) is 59.1 Å². The second kappa shape index (κ2) is 10.1. The average Bonchev–Trinajstić information content (AvgIpc) is 2.65. The van der Waals surface area contributed by atoms with Gasteiger partial charge in [-0.25, -0.2) is 0 Å². The molecule has 1 fully saturated rings. The summed E-state index contributed by atoms with van der Waals surface area (Å²) in [6.45, 7) is 7.86. The first-order chi connectivity index (χ1) is 13.3. The third-order valence-electron chi connectivity index (χ3n) is 5.45. The number of rotatable bonds is 4. The molecule has 0 unspecified atom stereocenters. The summed E-state index contributed by atoms with van der Waals surface area (Å²) in [4.78, 5) is 9.57. The van der Waals surface area contributed by atoms with Crippen molar-refractivity contribution >= 4 is 12.4 Å². The molecule has 29 heavy (non-hydrogen) atoms. The van der Waals surface area contributed by atoms with E-state index in [2.05, 4.69) is 0 Å². The smallest absolute Gasteiger partial charge is 0.127 e. The molecule has 0 bridgehead atoms. The van der Waals surface area contributed by atoms with Gasteiger partial charge in [-0.3, -0.25) is 9.98 Å². The molecule has 2 aromatic carbocycles. The second-order valence-electron chi connectivity index (χ2n) is 8.01. The summed E-state index contributed by atoms with van der Waals surface area (Å²) < 4.78 is 0. The molecule has 3 rings (SSSR count). The summed E-state index contributed by atoms with van der Waals surface area (Å²) in [5.41, 5.74) is 5.48. The Kier molecular flexibility index (Phi) is 8.05. The SMILES string of the molecule is Cc1cc(C)c(O)c(C=N[C@H]2CCCC[C@@H]2N=Cc2cc(C)cc(C)c2O)c1.[Co]. The van der Waals surface area contributed by atoms with Crippen LogP contribution in [0.1, 0.15) is 59.1 Å². The molecule has 4 nitrogen and oxygen atoms in total. The number of hydrogen-bond donors (Lipinski definition) is 2. The summed E-state index contributed by atoms with van der Waals surface area (Å²) in [7, 11) is 0. The summed E-state index contributed by atoms with van der Waals surface area (Å²) in [5, 5.41) is 20.6. The normalized spacial score (nSPS) is 19.6. The maximum absolute atomic E-state index is 10.3. The first-order valence-electron chi connectivity index (χ1n) is 10.0. The number of phenols is 2. The van der Waals surface area contributed by atoms with Gasteiger partial charge in [0, 0.05) is 40.3 Å². The van der Waals surface area contributed by atoms with E-state index in [4.69, 9.17) is 9.98 Å². The number of aliphatic imine (C=N–C) groups is 2. The van der Waals surface area contributed by atoms with E-state index in [1.165, 1.54) is 0 Å². The van der Waals surface area contributed by atoms with Gasteiger partial charge >= 0.3 is 0 Å². The molecule has 2 N–H and O–H groups in total. The molecule has 1 aliphatic rings. The average molecular weight is 437 g/mol. The molecule has 2 atom stereocenters. The molecule has 5 heteroatoms. The van der Waals surface area contributed by atoms with Gasteiger partial charge in [0.15, 0.2) is 0 Å². The van der Waals surface area contributed by atoms with Gasteiger partial charge < -0.3 is 10.2 Å². The van der Waals surface area contributed by atoms with Crippen LogP contribution in [0, 0.1) is 27.7 Å². The van der Waals surface area contributed by atoms with E-state index in [1.54, 1.807) is 12.4 Å². The molecule has 0 spiro atoms. The second-order valence-corrected chi connectivity index (χ2v) is 8.01. The zero-order valence-corrected chi connectivity index (χ0v) is 18.6. The number of benzene rings is 2. The number of phenolic OH excluding ortho intramolecular Hbond substituents is 2. The fourth-order valence-corrected chi connectivity index (χ4v) is 3.97. The Bertz CT molecular complexity index is 846. The van der Waals surface area contributed by atoms with E-state index < -0.39 is 0 Å². The van der Waals surface area contributed by atoms with Crippen LogP contribution in [-0.4, -0.2) is 34.7 Å². The molecule has 1 radical (unpaired) electrons. The van der Waals surface area contributed by atoms with Gasteiger partial charge in [-0.2, -0.15) is 0 Å². The van der Waals surface area contributed by atoms with Crippen LogP contribution in [0.4, 0.5) is 0 Å². The van der Waals surface area contributed by atoms with Gasteiger partial charge in [0.05, 0.1) is 12.1 Å². The molecule has 0 saturated heterocycles. The van der Waals surface area contributed by atoms with E-state index in [1.807, 2.05) is 52.0 Å². The Hall–Kier alpha value is -2.11. The van der Waals surface area contributed by atoms with E-state index in [-0.39, 0.29) is 28.9 Å². The zero-order chi connectivity index (χ0) is 20.3. The van der Waals surface area contributed by atoms with Crippen LogP contribution in [0.25, 0.3) is 0 Å². The largest absolute Gasteiger partial charge is 0.507 e. The van der Waals surface area contributed by atoms with Gasteiger partial charge in [0.1, 0.15) is 11.5 Å². The Balaban J connectivity index is 0.00000300. The van der Waals surface area contributed by atoms with Gasteiger partial charge in [-0.1, -0.05) is 25.0 Å². The minimum Gasteiger partial charge on any atom is -0.507 e. The molecule has 0 aromatic heterocycles.